The minimum Gasteiger partial charge on any atom is -0.274 e. The Balaban J connectivity index is 2.68. The van der Waals surface area contributed by atoms with E-state index in [4.69, 9.17) is 11.6 Å². The minimum atomic E-state index is -0.492. The van der Waals surface area contributed by atoms with E-state index in [1.165, 1.54) is 18.2 Å². The highest BCUT2D eigenvalue weighted by atomic mass is 35.5. The molecule has 0 atom stereocenters. The van der Waals surface area contributed by atoms with Crippen LogP contribution in [-0.2, 0) is 16.1 Å². The second-order valence-corrected chi connectivity index (χ2v) is 3.24. The summed E-state index contributed by atoms with van der Waals surface area (Å²) in [6, 6.07) is 4.28. The third kappa shape index (κ3) is 3.49. The smallest absolute Gasteiger partial charge is 0.248 e. The first kappa shape index (κ1) is 11.9. The first-order valence-corrected chi connectivity index (χ1v) is 4.86. The summed E-state index contributed by atoms with van der Waals surface area (Å²) < 4.78 is 13.2. The number of rotatable bonds is 4. The number of benzene rings is 1. The molecule has 0 aliphatic rings. The van der Waals surface area contributed by atoms with E-state index in [1.807, 2.05) is 0 Å². The Kier molecular flexibility index (Phi) is 4.52. The van der Waals surface area contributed by atoms with Gasteiger partial charge in [0.1, 0.15) is 5.82 Å². The largest absolute Gasteiger partial charge is 0.274 e. The lowest BCUT2D eigenvalue weighted by atomic mass is 10.1. The van der Waals surface area contributed by atoms with Gasteiger partial charge in [0.15, 0.2) is 0 Å². The molecule has 0 fully saturated rings. The minimum absolute atomic E-state index is 0.133. The molecule has 0 saturated heterocycles. The number of amides is 1. The molecule has 3 nitrogen and oxygen atoms in total. The Hall–Kier alpha value is -1.13. The van der Waals surface area contributed by atoms with Crippen molar-refractivity contribution in [3.05, 3.63) is 34.6 Å². The zero-order valence-electron chi connectivity index (χ0n) is 8.22. The van der Waals surface area contributed by atoms with Gasteiger partial charge in [-0.3, -0.25) is 9.63 Å². The Morgan fingerprint density at radius 2 is 2.33 bits per heavy atom. The molecular formula is C10H11ClFNO2. The maximum Gasteiger partial charge on any atom is 0.248 e. The molecule has 0 heterocycles. The van der Waals surface area contributed by atoms with Crippen molar-refractivity contribution in [2.75, 3.05) is 6.61 Å². The molecule has 0 aromatic heterocycles. The van der Waals surface area contributed by atoms with Crippen LogP contribution in [0.5, 0.6) is 0 Å². The molecule has 0 spiro atoms. The van der Waals surface area contributed by atoms with Gasteiger partial charge in [0.2, 0.25) is 5.91 Å². The van der Waals surface area contributed by atoms with Gasteiger partial charge in [-0.1, -0.05) is 17.7 Å². The third-order valence-corrected chi connectivity index (χ3v) is 2.08. The molecule has 1 aromatic rings. The van der Waals surface area contributed by atoms with Crippen molar-refractivity contribution in [1.29, 1.82) is 0 Å². The standard InChI is InChI=1S/C10H11ClFNO2/c1-2-15-13-10(14)6-7-8(11)4-3-5-9(7)12/h3-5H,2,6H2,1H3,(H,13,14). The summed E-state index contributed by atoms with van der Waals surface area (Å²) in [5, 5.41) is 0.238. The summed E-state index contributed by atoms with van der Waals surface area (Å²) in [5.41, 5.74) is 2.35. The molecule has 0 radical (unpaired) electrons. The normalized spacial score (nSPS) is 10.1. The summed E-state index contributed by atoms with van der Waals surface area (Å²) in [6.45, 7) is 2.09. The van der Waals surface area contributed by atoms with Crippen LogP contribution in [0.15, 0.2) is 18.2 Å². The zero-order chi connectivity index (χ0) is 11.3. The predicted molar refractivity (Wildman–Crippen MR) is 54.9 cm³/mol. The van der Waals surface area contributed by atoms with E-state index in [0.717, 1.165) is 0 Å². The van der Waals surface area contributed by atoms with Crippen LogP contribution in [0.4, 0.5) is 4.39 Å². The highest BCUT2D eigenvalue weighted by Crippen LogP contribution is 2.19. The van der Waals surface area contributed by atoms with Gasteiger partial charge in [0.25, 0.3) is 0 Å². The van der Waals surface area contributed by atoms with E-state index in [0.29, 0.717) is 6.61 Å². The second-order valence-electron chi connectivity index (χ2n) is 2.84. The van der Waals surface area contributed by atoms with Gasteiger partial charge in [0, 0.05) is 10.6 Å². The molecule has 0 aliphatic carbocycles. The van der Waals surface area contributed by atoms with Gasteiger partial charge in [-0.15, -0.1) is 0 Å². The molecule has 5 heteroatoms. The van der Waals surface area contributed by atoms with Crippen LogP contribution >= 0.6 is 11.6 Å². The SMILES string of the molecule is CCONC(=O)Cc1c(F)cccc1Cl. The Morgan fingerprint density at radius 3 is 2.93 bits per heavy atom. The lowest BCUT2D eigenvalue weighted by Crippen LogP contribution is -2.25. The van der Waals surface area contributed by atoms with E-state index >= 15 is 0 Å². The summed E-state index contributed by atoms with van der Waals surface area (Å²) >= 11 is 5.75. The average molecular weight is 232 g/mol. The highest BCUT2D eigenvalue weighted by molar-refractivity contribution is 6.31. The lowest BCUT2D eigenvalue weighted by Gasteiger charge is -2.06. The van der Waals surface area contributed by atoms with Crippen LogP contribution in [0, 0.1) is 5.82 Å². The Labute approximate surface area is 92.1 Å². The third-order valence-electron chi connectivity index (χ3n) is 1.73. The van der Waals surface area contributed by atoms with E-state index in [1.54, 1.807) is 6.92 Å². The van der Waals surface area contributed by atoms with Crippen LogP contribution in [0.2, 0.25) is 5.02 Å². The van der Waals surface area contributed by atoms with E-state index in [2.05, 4.69) is 10.3 Å². The fourth-order valence-electron chi connectivity index (χ4n) is 1.05. The lowest BCUT2D eigenvalue weighted by molar-refractivity contribution is -0.132. The van der Waals surface area contributed by atoms with Crippen molar-refractivity contribution < 1.29 is 14.0 Å². The maximum absolute atomic E-state index is 13.2. The second kappa shape index (κ2) is 5.68. The van der Waals surface area contributed by atoms with Gasteiger partial charge < -0.3 is 0 Å². The van der Waals surface area contributed by atoms with Crippen LogP contribution in [0.3, 0.4) is 0 Å². The number of hydrogen-bond acceptors (Lipinski definition) is 2. The molecule has 0 aliphatic heterocycles. The van der Waals surface area contributed by atoms with Crippen molar-refractivity contribution in [2.45, 2.75) is 13.3 Å². The van der Waals surface area contributed by atoms with E-state index < -0.39 is 11.7 Å². The molecule has 1 amide bonds. The topological polar surface area (TPSA) is 38.3 Å². The number of hydrogen-bond donors (Lipinski definition) is 1. The fraction of sp³-hybridized carbons (Fsp3) is 0.300. The van der Waals surface area contributed by atoms with Gasteiger partial charge in [-0.25, -0.2) is 9.87 Å². The fourth-order valence-corrected chi connectivity index (χ4v) is 1.28. The first-order valence-electron chi connectivity index (χ1n) is 4.48. The predicted octanol–water partition coefficient (Wildman–Crippen LogP) is 2.09. The number of halogens is 2. The summed E-state index contributed by atoms with van der Waals surface area (Å²) in [5.74, 6) is -0.919. The van der Waals surface area contributed by atoms with Gasteiger partial charge in [0.05, 0.1) is 13.0 Å². The Bertz CT molecular complexity index is 337. The van der Waals surface area contributed by atoms with Crippen LogP contribution in [0.1, 0.15) is 12.5 Å². The molecule has 0 saturated carbocycles. The molecule has 1 aromatic carbocycles. The van der Waals surface area contributed by atoms with Gasteiger partial charge in [-0.2, -0.15) is 0 Å². The van der Waals surface area contributed by atoms with Crippen molar-refractivity contribution in [1.82, 2.24) is 5.48 Å². The number of carbonyl (C=O) groups is 1. The average Bonchev–Trinajstić information content (AvgIpc) is 2.21. The zero-order valence-corrected chi connectivity index (χ0v) is 8.97. The molecule has 1 N–H and O–H groups in total. The van der Waals surface area contributed by atoms with Crippen molar-refractivity contribution >= 4 is 17.5 Å². The van der Waals surface area contributed by atoms with Crippen LogP contribution in [0.25, 0.3) is 0 Å². The van der Waals surface area contributed by atoms with Crippen LogP contribution in [-0.4, -0.2) is 12.5 Å². The van der Waals surface area contributed by atoms with Crippen LogP contribution < -0.4 is 5.48 Å². The van der Waals surface area contributed by atoms with Crippen molar-refractivity contribution in [2.24, 2.45) is 0 Å². The molecule has 0 bridgehead atoms. The molecular weight excluding hydrogens is 221 g/mol. The highest BCUT2D eigenvalue weighted by Gasteiger charge is 2.11. The summed E-state index contributed by atoms with van der Waals surface area (Å²) in [4.78, 5) is 15.9. The van der Waals surface area contributed by atoms with E-state index in [9.17, 15) is 9.18 Å². The van der Waals surface area contributed by atoms with E-state index in [-0.39, 0.29) is 17.0 Å². The van der Waals surface area contributed by atoms with Gasteiger partial charge >= 0.3 is 0 Å². The monoisotopic (exact) mass is 231 g/mol. The maximum atomic E-state index is 13.2. The van der Waals surface area contributed by atoms with Gasteiger partial charge in [-0.05, 0) is 19.1 Å². The number of nitrogens with one attached hydrogen (secondary N) is 1. The molecule has 15 heavy (non-hydrogen) atoms. The molecule has 0 unspecified atom stereocenters. The number of carbonyl (C=O) groups excluding carboxylic acids is 1. The van der Waals surface area contributed by atoms with Crippen molar-refractivity contribution in [3.63, 3.8) is 0 Å². The molecule has 1 rings (SSSR count). The van der Waals surface area contributed by atoms with Crippen molar-refractivity contribution in [3.8, 4) is 0 Å². The summed E-state index contributed by atoms with van der Waals surface area (Å²) in [7, 11) is 0. The number of hydroxylamine groups is 1. The molecule has 82 valence electrons. The quantitative estimate of drug-likeness (QED) is 0.806. The first-order chi connectivity index (χ1) is 7.15. The Morgan fingerprint density at radius 1 is 1.60 bits per heavy atom. The summed E-state index contributed by atoms with van der Waals surface area (Å²) in [6.07, 6.45) is -0.133.